The lowest BCUT2D eigenvalue weighted by atomic mass is 10.1. The Hall–Kier alpha value is -1.91. The predicted octanol–water partition coefficient (Wildman–Crippen LogP) is 2.40. The van der Waals surface area contributed by atoms with Crippen LogP contribution in [0.3, 0.4) is 0 Å². The molecule has 0 atom stereocenters. The number of rotatable bonds is 4. The second-order valence-corrected chi connectivity index (χ2v) is 5.96. The van der Waals surface area contributed by atoms with Gasteiger partial charge in [-0.15, -0.1) is 0 Å². The van der Waals surface area contributed by atoms with Crippen LogP contribution in [0.5, 0.6) is 0 Å². The van der Waals surface area contributed by atoms with Crippen molar-refractivity contribution in [2.24, 2.45) is 0 Å². The number of nitrogens with two attached hydrogens (primary N) is 1. The zero-order chi connectivity index (χ0) is 15.3. The maximum Gasteiger partial charge on any atom is 0.407 e. The number of carbonyl (C=O) groups is 1. The Morgan fingerprint density at radius 2 is 2.00 bits per heavy atom. The number of ether oxygens (including phenoxy) is 1. The molecule has 1 amide bonds. The minimum Gasteiger partial charge on any atom is -0.444 e. The van der Waals surface area contributed by atoms with E-state index in [4.69, 9.17) is 10.5 Å². The summed E-state index contributed by atoms with van der Waals surface area (Å²) in [7, 11) is 3.96. The van der Waals surface area contributed by atoms with E-state index < -0.39 is 11.7 Å². The molecule has 0 radical (unpaired) electrons. The Bertz CT molecular complexity index is 465. The Morgan fingerprint density at radius 1 is 1.35 bits per heavy atom. The van der Waals surface area contributed by atoms with Crippen LogP contribution in [0.2, 0.25) is 0 Å². The first-order valence-corrected chi connectivity index (χ1v) is 6.71. The van der Waals surface area contributed by atoms with E-state index in [1.807, 2.05) is 58.0 Å². The summed E-state index contributed by atoms with van der Waals surface area (Å²) in [6, 6.07) is 5.80. The van der Waals surface area contributed by atoms with Gasteiger partial charge in [-0.2, -0.15) is 0 Å². The van der Waals surface area contributed by atoms with Crippen molar-refractivity contribution in [1.29, 1.82) is 0 Å². The van der Waals surface area contributed by atoms with Crippen LogP contribution in [-0.2, 0) is 11.2 Å². The van der Waals surface area contributed by atoms with E-state index in [0.717, 1.165) is 16.9 Å². The molecular weight excluding hydrogens is 254 g/mol. The molecule has 1 aromatic rings. The fourth-order valence-corrected chi connectivity index (χ4v) is 1.86. The van der Waals surface area contributed by atoms with Crippen molar-refractivity contribution in [2.75, 3.05) is 31.3 Å². The van der Waals surface area contributed by atoms with Gasteiger partial charge in [0, 0.05) is 32.0 Å². The largest absolute Gasteiger partial charge is 0.444 e. The van der Waals surface area contributed by atoms with Crippen LogP contribution >= 0.6 is 0 Å². The molecule has 1 aromatic carbocycles. The average molecular weight is 279 g/mol. The number of nitrogens with zero attached hydrogens (tertiary/aromatic N) is 1. The fraction of sp³-hybridized carbons (Fsp3) is 0.533. The van der Waals surface area contributed by atoms with E-state index in [1.54, 1.807) is 0 Å². The highest BCUT2D eigenvalue weighted by atomic mass is 16.6. The highest BCUT2D eigenvalue weighted by molar-refractivity contribution is 5.67. The second-order valence-electron chi connectivity index (χ2n) is 5.96. The van der Waals surface area contributed by atoms with Crippen molar-refractivity contribution < 1.29 is 9.53 Å². The topological polar surface area (TPSA) is 67.6 Å². The van der Waals surface area contributed by atoms with Gasteiger partial charge in [0.1, 0.15) is 5.60 Å². The van der Waals surface area contributed by atoms with Crippen LogP contribution in [0, 0.1) is 0 Å². The standard InChI is InChI=1S/C15H25N3O2/c1-15(2,3)20-14(19)17-9-8-11-10-12(16)6-7-13(11)18(4)5/h6-7,10H,8-9,16H2,1-5H3,(H,17,19). The third-order valence-electron chi connectivity index (χ3n) is 2.65. The molecule has 0 unspecified atom stereocenters. The number of hydrogen-bond acceptors (Lipinski definition) is 4. The number of alkyl carbamates (subject to hydrolysis) is 1. The maximum absolute atomic E-state index is 11.6. The molecule has 0 aliphatic rings. The van der Waals surface area contributed by atoms with Crippen molar-refractivity contribution in [1.82, 2.24) is 5.32 Å². The number of anilines is 2. The molecule has 0 aliphatic heterocycles. The Labute approximate surface area is 121 Å². The van der Waals surface area contributed by atoms with Gasteiger partial charge in [-0.3, -0.25) is 0 Å². The minimum atomic E-state index is -0.476. The lowest BCUT2D eigenvalue weighted by Crippen LogP contribution is -2.33. The van der Waals surface area contributed by atoms with Gasteiger partial charge in [0.05, 0.1) is 0 Å². The quantitative estimate of drug-likeness (QED) is 0.831. The molecule has 0 saturated heterocycles. The van der Waals surface area contributed by atoms with Gasteiger partial charge in [-0.25, -0.2) is 4.79 Å². The summed E-state index contributed by atoms with van der Waals surface area (Å²) in [5.41, 5.74) is 8.27. The predicted molar refractivity (Wildman–Crippen MR) is 83.1 cm³/mol. The van der Waals surface area contributed by atoms with Crippen LogP contribution in [-0.4, -0.2) is 32.3 Å². The number of hydrogen-bond donors (Lipinski definition) is 2. The van der Waals surface area contributed by atoms with Gasteiger partial charge in [0.2, 0.25) is 0 Å². The van der Waals surface area contributed by atoms with Crippen molar-refractivity contribution in [3.05, 3.63) is 23.8 Å². The molecule has 0 heterocycles. The lowest BCUT2D eigenvalue weighted by molar-refractivity contribution is 0.0528. The average Bonchev–Trinajstić information content (AvgIpc) is 2.26. The van der Waals surface area contributed by atoms with Gasteiger partial charge in [0.25, 0.3) is 0 Å². The SMILES string of the molecule is CN(C)c1ccc(N)cc1CCNC(=O)OC(C)(C)C. The highest BCUT2D eigenvalue weighted by Crippen LogP contribution is 2.21. The Kier molecular flexibility index (Phi) is 5.25. The Balaban J connectivity index is 2.58. The first-order chi connectivity index (χ1) is 9.19. The molecule has 3 N–H and O–H groups in total. The normalized spacial score (nSPS) is 11.1. The number of nitrogens with one attached hydrogen (secondary N) is 1. The molecule has 0 aromatic heterocycles. The number of amides is 1. The van der Waals surface area contributed by atoms with E-state index in [9.17, 15) is 4.79 Å². The zero-order valence-electron chi connectivity index (χ0n) is 13.0. The first-order valence-electron chi connectivity index (χ1n) is 6.71. The van der Waals surface area contributed by atoms with Crippen molar-refractivity contribution in [2.45, 2.75) is 32.8 Å². The molecule has 0 bridgehead atoms. The Morgan fingerprint density at radius 3 is 2.55 bits per heavy atom. The molecule has 20 heavy (non-hydrogen) atoms. The van der Waals surface area contributed by atoms with Gasteiger partial charge in [0.15, 0.2) is 0 Å². The molecule has 0 fully saturated rings. The van der Waals surface area contributed by atoms with E-state index in [2.05, 4.69) is 5.32 Å². The van der Waals surface area contributed by atoms with Crippen molar-refractivity contribution >= 4 is 17.5 Å². The smallest absolute Gasteiger partial charge is 0.407 e. The van der Waals surface area contributed by atoms with Gasteiger partial charge >= 0.3 is 6.09 Å². The number of carbonyl (C=O) groups excluding carboxylic acids is 1. The molecule has 0 saturated carbocycles. The highest BCUT2D eigenvalue weighted by Gasteiger charge is 2.15. The van der Waals surface area contributed by atoms with Crippen LogP contribution in [0.4, 0.5) is 16.2 Å². The van der Waals surface area contributed by atoms with Crippen LogP contribution in [0.15, 0.2) is 18.2 Å². The summed E-state index contributed by atoms with van der Waals surface area (Å²) in [6.45, 7) is 6.04. The van der Waals surface area contributed by atoms with Crippen LogP contribution < -0.4 is 16.0 Å². The van der Waals surface area contributed by atoms with Gasteiger partial charge in [-0.05, 0) is 51.0 Å². The third kappa shape index (κ3) is 5.38. The van der Waals surface area contributed by atoms with E-state index in [-0.39, 0.29) is 0 Å². The van der Waals surface area contributed by atoms with Gasteiger partial charge in [-0.1, -0.05) is 0 Å². The number of nitrogen functional groups attached to an aromatic ring is 1. The monoisotopic (exact) mass is 279 g/mol. The molecule has 5 heteroatoms. The molecule has 0 spiro atoms. The summed E-state index contributed by atoms with van der Waals surface area (Å²) in [5, 5.41) is 2.75. The van der Waals surface area contributed by atoms with Crippen LogP contribution in [0.25, 0.3) is 0 Å². The fourth-order valence-electron chi connectivity index (χ4n) is 1.86. The molecular formula is C15H25N3O2. The maximum atomic E-state index is 11.6. The summed E-state index contributed by atoms with van der Waals surface area (Å²) in [5.74, 6) is 0. The number of benzene rings is 1. The summed E-state index contributed by atoms with van der Waals surface area (Å²) in [6.07, 6.45) is 0.311. The molecule has 0 aliphatic carbocycles. The molecule has 5 nitrogen and oxygen atoms in total. The summed E-state index contributed by atoms with van der Waals surface area (Å²) < 4.78 is 5.19. The summed E-state index contributed by atoms with van der Waals surface area (Å²) in [4.78, 5) is 13.6. The molecule has 1 rings (SSSR count). The van der Waals surface area contributed by atoms with E-state index in [0.29, 0.717) is 13.0 Å². The minimum absolute atomic E-state index is 0.396. The first kappa shape index (κ1) is 16.1. The van der Waals surface area contributed by atoms with Gasteiger partial charge < -0.3 is 20.7 Å². The van der Waals surface area contributed by atoms with Crippen molar-refractivity contribution in [3.8, 4) is 0 Å². The van der Waals surface area contributed by atoms with E-state index in [1.165, 1.54) is 0 Å². The van der Waals surface area contributed by atoms with E-state index >= 15 is 0 Å². The third-order valence-corrected chi connectivity index (χ3v) is 2.65. The van der Waals surface area contributed by atoms with Crippen molar-refractivity contribution in [3.63, 3.8) is 0 Å². The summed E-state index contributed by atoms with van der Waals surface area (Å²) >= 11 is 0. The zero-order valence-corrected chi connectivity index (χ0v) is 13.0. The molecule has 112 valence electrons. The lowest BCUT2D eigenvalue weighted by Gasteiger charge is -2.20. The van der Waals surface area contributed by atoms with Crippen LogP contribution in [0.1, 0.15) is 26.3 Å². The second kappa shape index (κ2) is 6.50.